The number of phenols is 2. The predicted octanol–water partition coefficient (Wildman–Crippen LogP) is -2.90. The summed E-state index contributed by atoms with van der Waals surface area (Å²) in [5.74, 6) is -2.41. The summed E-state index contributed by atoms with van der Waals surface area (Å²) in [6, 6.07) is 11.5. The summed E-state index contributed by atoms with van der Waals surface area (Å²) < 4.78 is 22.6. The second-order valence-electron chi connectivity index (χ2n) is 8.24. The van der Waals surface area contributed by atoms with Crippen molar-refractivity contribution in [1.29, 1.82) is 0 Å². The Hall–Kier alpha value is -0.720. The molecule has 2 unspecified atom stereocenters. The molecule has 0 saturated heterocycles. The summed E-state index contributed by atoms with van der Waals surface area (Å²) in [7, 11) is -10.8. The van der Waals surface area contributed by atoms with Gasteiger partial charge in [0.25, 0.3) is 0 Å². The Morgan fingerprint density at radius 1 is 0.816 bits per heavy atom. The van der Waals surface area contributed by atoms with Gasteiger partial charge in [-0.25, -0.2) is 0 Å². The van der Waals surface area contributed by atoms with E-state index in [1.807, 2.05) is 26.0 Å². The number of hydrogen-bond donors (Lipinski definition) is 8. The molecule has 0 aliphatic heterocycles. The summed E-state index contributed by atoms with van der Waals surface area (Å²) in [4.78, 5) is 60.7. The van der Waals surface area contributed by atoms with Crippen LogP contribution in [0.1, 0.15) is 58.9 Å². The molecule has 0 aromatic heterocycles. The first-order valence-corrected chi connectivity index (χ1v) is 14.3. The average Bonchev–Trinajstić information content (AvgIpc) is 2.76. The van der Waals surface area contributed by atoms with Crippen LogP contribution >= 0.6 is 15.2 Å². The van der Waals surface area contributed by atoms with Crippen molar-refractivity contribution in [2.75, 3.05) is 5.32 Å². The molecule has 2 atom stereocenters. The Morgan fingerprint density at radius 3 is 1.76 bits per heavy atom. The van der Waals surface area contributed by atoms with Crippen LogP contribution in [0.4, 0.5) is 5.69 Å². The first-order chi connectivity index (χ1) is 16.7. The van der Waals surface area contributed by atoms with E-state index in [1.54, 1.807) is 24.3 Å². The van der Waals surface area contributed by atoms with Gasteiger partial charge in [-0.1, -0.05) is 32.0 Å². The van der Waals surface area contributed by atoms with E-state index in [-0.39, 0.29) is 91.0 Å². The summed E-state index contributed by atoms with van der Waals surface area (Å²) in [5, 5.41) is 23.7. The topological polar surface area (TPSA) is 214 Å². The van der Waals surface area contributed by atoms with Gasteiger partial charge in [-0.15, -0.1) is 0 Å². The Balaban J connectivity index is -0.00000342. The molecule has 0 radical (unpaired) electrons. The second kappa shape index (κ2) is 15.9. The molecule has 12 nitrogen and oxygen atoms in total. The standard InChI is InChI=1S/C22H30N2O10P2.2Na.2H/c1-3-16(13-5-8-15(25)9-6-13)17(4-2)14-7-10-19(26)18(11-14)23-20(27)12-21(28)24-22(35(29,30)31)36(32,33)34;;;;/h5-11,16-17,22,25-26H,3-4,12H2,1-2H3,(H,23,27)(H,24,28)(H2,29,30,31)(H2,32,33,34);;;;/q;2*+1;2*-1. The Labute approximate surface area is 267 Å². The molecule has 38 heavy (non-hydrogen) atoms. The van der Waals surface area contributed by atoms with E-state index < -0.39 is 39.0 Å². The number of nitrogens with one attached hydrogen (secondary N) is 2. The third-order valence-electron chi connectivity index (χ3n) is 5.66. The van der Waals surface area contributed by atoms with E-state index in [0.29, 0.717) is 6.42 Å². The Morgan fingerprint density at radius 2 is 1.29 bits per heavy atom. The fourth-order valence-electron chi connectivity index (χ4n) is 4.01. The van der Waals surface area contributed by atoms with Gasteiger partial charge in [-0.3, -0.25) is 18.7 Å². The third-order valence-corrected chi connectivity index (χ3v) is 9.00. The molecule has 0 heterocycles. The molecule has 2 aromatic carbocycles. The smallest absolute Gasteiger partial charge is 1.00 e. The normalized spacial score (nSPS) is 13.0. The first-order valence-electron chi connectivity index (χ1n) is 11.0. The van der Waals surface area contributed by atoms with Gasteiger partial charge in [0.1, 0.15) is 17.9 Å². The van der Waals surface area contributed by atoms with Gasteiger partial charge >= 0.3 is 74.3 Å². The quantitative estimate of drug-likeness (QED) is 0.0577. The minimum absolute atomic E-state index is 0. The number of aromatic hydroxyl groups is 2. The molecule has 2 aromatic rings. The van der Waals surface area contributed by atoms with E-state index >= 15 is 0 Å². The minimum Gasteiger partial charge on any atom is -1.00 e. The number of benzene rings is 2. The molecule has 8 N–H and O–H groups in total. The zero-order valence-corrected chi connectivity index (χ0v) is 27.4. The molecule has 0 aliphatic rings. The molecule has 0 fully saturated rings. The zero-order chi connectivity index (χ0) is 27.3. The Bertz CT molecular complexity index is 1180. The molecule has 0 aliphatic carbocycles. The van der Waals surface area contributed by atoms with Gasteiger partial charge in [0, 0.05) is 0 Å². The fraction of sp³-hybridized carbons (Fsp3) is 0.364. The van der Waals surface area contributed by atoms with Gasteiger partial charge in [0.05, 0.1) is 5.69 Å². The molecule has 16 heteroatoms. The van der Waals surface area contributed by atoms with Crippen LogP contribution in [0.5, 0.6) is 11.5 Å². The fourth-order valence-corrected chi connectivity index (χ4v) is 6.20. The van der Waals surface area contributed by atoms with E-state index in [2.05, 4.69) is 5.32 Å². The van der Waals surface area contributed by atoms with E-state index in [1.165, 1.54) is 11.4 Å². The molecule has 202 valence electrons. The van der Waals surface area contributed by atoms with Crippen molar-refractivity contribution in [3.63, 3.8) is 0 Å². The van der Waals surface area contributed by atoms with E-state index in [9.17, 15) is 28.9 Å². The van der Waals surface area contributed by atoms with Gasteiger partial charge in [0.15, 0.2) is 0 Å². The average molecular weight is 592 g/mol. The second-order valence-corrected chi connectivity index (χ2v) is 12.0. The summed E-state index contributed by atoms with van der Waals surface area (Å²) in [5.41, 5.74) is -0.996. The number of amides is 2. The maximum atomic E-state index is 12.4. The molecular weight excluding hydrogens is 560 g/mol. The zero-order valence-electron chi connectivity index (χ0n) is 23.6. The molecule has 2 rings (SSSR count). The van der Waals surface area contributed by atoms with Crippen LogP contribution in [0.15, 0.2) is 42.5 Å². The number of hydrogen-bond acceptors (Lipinski definition) is 6. The van der Waals surface area contributed by atoms with Crippen LogP contribution in [0.25, 0.3) is 0 Å². The first kappa shape index (κ1) is 37.3. The maximum absolute atomic E-state index is 12.4. The van der Waals surface area contributed by atoms with Gasteiger partial charge in [0.2, 0.25) is 17.3 Å². The van der Waals surface area contributed by atoms with Crippen molar-refractivity contribution in [3.8, 4) is 11.5 Å². The van der Waals surface area contributed by atoms with Crippen molar-refractivity contribution in [2.45, 2.75) is 50.5 Å². The van der Waals surface area contributed by atoms with E-state index in [4.69, 9.17) is 19.6 Å². The maximum Gasteiger partial charge on any atom is 1.00 e. The van der Waals surface area contributed by atoms with Crippen LogP contribution < -0.4 is 69.7 Å². The van der Waals surface area contributed by atoms with Crippen molar-refractivity contribution < 1.29 is 110 Å². The van der Waals surface area contributed by atoms with Gasteiger partial charge in [-0.2, -0.15) is 0 Å². The number of carbonyl (C=O) groups is 2. The molecule has 0 bridgehead atoms. The van der Waals surface area contributed by atoms with Crippen LogP contribution in [0.3, 0.4) is 0 Å². The Kier molecular flexibility index (Phi) is 15.6. The predicted molar refractivity (Wildman–Crippen MR) is 134 cm³/mol. The molecule has 0 spiro atoms. The van der Waals surface area contributed by atoms with Crippen LogP contribution in [-0.2, 0) is 18.7 Å². The summed E-state index contributed by atoms with van der Waals surface area (Å²) >= 11 is 0. The number of anilines is 1. The molecule has 2 amide bonds. The number of phenolic OH excluding ortho intramolecular Hbond substituents is 2. The van der Waals surface area contributed by atoms with Crippen LogP contribution in [-0.4, -0.2) is 47.1 Å². The van der Waals surface area contributed by atoms with Crippen molar-refractivity contribution in [2.24, 2.45) is 0 Å². The number of rotatable bonds is 11. The van der Waals surface area contributed by atoms with Gasteiger partial charge in [-0.05, 0) is 60.1 Å². The minimum atomic E-state index is -5.41. The van der Waals surface area contributed by atoms with Crippen LogP contribution in [0, 0.1) is 0 Å². The third kappa shape index (κ3) is 10.7. The SMILES string of the molecule is CCC(c1ccc(O)cc1)C(CC)c1ccc(O)c(NC(=O)CC(=O)NC(P(=O)(O)O)P(=O)(O)O)c1.[H-].[H-].[Na+].[Na+]. The van der Waals surface area contributed by atoms with Crippen LogP contribution in [0.2, 0.25) is 0 Å². The van der Waals surface area contributed by atoms with Crippen molar-refractivity contribution in [1.82, 2.24) is 5.32 Å². The summed E-state index contributed by atoms with van der Waals surface area (Å²) in [6.07, 6.45) is 0.473. The van der Waals surface area contributed by atoms with Crippen molar-refractivity contribution in [3.05, 3.63) is 53.6 Å². The monoisotopic (exact) mass is 592 g/mol. The molecule has 0 saturated carbocycles. The largest absolute Gasteiger partial charge is 1.00 e. The number of carbonyl (C=O) groups excluding carboxylic acids is 2. The van der Waals surface area contributed by atoms with Gasteiger partial charge < -0.3 is 43.3 Å². The van der Waals surface area contributed by atoms with Crippen molar-refractivity contribution >= 4 is 32.7 Å². The molecular formula is C22H32N2Na2O10P2. The van der Waals surface area contributed by atoms with E-state index in [0.717, 1.165) is 17.5 Å². The summed E-state index contributed by atoms with van der Waals surface area (Å²) in [6.45, 7) is 4.01.